The standard InChI is InChI=1S/C32H41N3O.C2H2/c1-5-9-13-24-28(26-20-14-11-15-21-26)33-32(36)30-29(18-7-3)35(27-22-16-12-17-23-27)34-31(30)25(8-4)19-10-6-2;1-2/h6,8,10-12,14-17,20-23,28H,5,7,9,13,18-19,24H2,1-4H3,(H,33,36);1-2H/b10-6-,25-8+;. The van der Waals surface area contributed by atoms with E-state index in [2.05, 4.69) is 68.4 Å². The lowest BCUT2D eigenvalue weighted by Crippen LogP contribution is -2.30. The van der Waals surface area contributed by atoms with Gasteiger partial charge in [-0.3, -0.25) is 4.79 Å². The Morgan fingerprint density at radius 1 is 0.974 bits per heavy atom. The molecule has 0 spiro atoms. The molecule has 3 rings (SSSR count). The normalized spacial score (nSPS) is 12.1. The van der Waals surface area contributed by atoms with E-state index in [9.17, 15) is 4.79 Å². The Morgan fingerprint density at radius 3 is 2.21 bits per heavy atom. The Labute approximate surface area is 229 Å². The van der Waals surface area contributed by atoms with Crippen molar-refractivity contribution in [3.05, 3.63) is 101 Å². The number of amides is 1. The molecule has 1 atom stereocenters. The quantitative estimate of drug-likeness (QED) is 0.143. The first kappa shape index (κ1) is 30.4. The molecular weight excluding hydrogens is 466 g/mol. The van der Waals surface area contributed by atoms with E-state index in [1.165, 1.54) is 0 Å². The van der Waals surface area contributed by atoms with E-state index in [0.717, 1.165) is 73.2 Å². The zero-order valence-corrected chi connectivity index (χ0v) is 23.5. The molecule has 0 fully saturated rings. The molecule has 0 saturated heterocycles. The summed E-state index contributed by atoms with van der Waals surface area (Å²) in [5.41, 5.74) is 5.64. The first-order valence-corrected chi connectivity index (χ1v) is 13.8. The highest BCUT2D eigenvalue weighted by atomic mass is 16.1. The zero-order valence-electron chi connectivity index (χ0n) is 23.5. The molecule has 2 aromatic carbocycles. The highest BCUT2D eigenvalue weighted by Crippen LogP contribution is 2.29. The van der Waals surface area contributed by atoms with Crippen LogP contribution in [0.2, 0.25) is 0 Å². The van der Waals surface area contributed by atoms with Gasteiger partial charge in [0.25, 0.3) is 5.91 Å². The summed E-state index contributed by atoms with van der Waals surface area (Å²) in [6.45, 7) is 8.41. The lowest BCUT2D eigenvalue weighted by atomic mass is 9.97. The van der Waals surface area contributed by atoms with Crippen LogP contribution in [0.15, 0.2) is 78.9 Å². The molecule has 0 aliphatic carbocycles. The maximum absolute atomic E-state index is 14.1. The fourth-order valence-electron chi connectivity index (χ4n) is 4.60. The minimum absolute atomic E-state index is 0.0303. The molecule has 0 radical (unpaired) electrons. The molecule has 0 aliphatic rings. The third-order valence-corrected chi connectivity index (χ3v) is 6.53. The van der Waals surface area contributed by atoms with Crippen molar-refractivity contribution < 1.29 is 4.79 Å². The molecule has 0 bridgehead atoms. The van der Waals surface area contributed by atoms with Gasteiger partial charge in [-0.25, -0.2) is 4.68 Å². The summed E-state index contributed by atoms with van der Waals surface area (Å²) < 4.78 is 1.97. The Bertz CT molecular complexity index is 1190. The minimum Gasteiger partial charge on any atom is -0.345 e. The van der Waals surface area contributed by atoms with Gasteiger partial charge < -0.3 is 5.32 Å². The fraction of sp³-hybridized carbons (Fsp3) is 0.353. The van der Waals surface area contributed by atoms with Crippen LogP contribution in [0.1, 0.15) is 99.6 Å². The van der Waals surface area contributed by atoms with Gasteiger partial charge in [0.15, 0.2) is 0 Å². The van der Waals surface area contributed by atoms with Crippen LogP contribution < -0.4 is 5.32 Å². The molecule has 200 valence electrons. The van der Waals surface area contributed by atoms with E-state index in [1.807, 2.05) is 61.0 Å². The van der Waals surface area contributed by atoms with E-state index in [0.29, 0.717) is 5.56 Å². The molecule has 0 saturated carbocycles. The van der Waals surface area contributed by atoms with Crippen molar-refractivity contribution in [3.63, 3.8) is 0 Å². The summed E-state index contributed by atoms with van der Waals surface area (Å²) in [5, 5.41) is 8.46. The molecule has 1 unspecified atom stereocenters. The Hall–Kier alpha value is -3.84. The van der Waals surface area contributed by atoms with E-state index < -0.39 is 0 Å². The molecule has 38 heavy (non-hydrogen) atoms. The SMILES string of the molecule is C#C.C/C=C\C/C(=C\C)c1nn(-c2ccccc2)c(CCC)c1C(=O)NC(CCCCC)c1ccccc1. The predicted molar refractivity (Wildman–Crippen MR) is 161 cm³/mol. The van der Waals surface area contributed by atoms with Gasteiger partial charge >= 0.3 is 0 Å². The van der Waals surface area contributed by atoms with Crippen molar-refractivity contribution in [2.24, 2.45) is 0 Å². The van der Waals surface area contributed by atoms with Crippen LogP contribution in [0.25, 0.3) is 11.3 Å². The maximum Gasteiger partial charge on any atom is 0.255 e. The number of para-hydroxylation sites is 1. The van der Waals surface area contributed by atoms with Crippen LogP contribution in [0.5, 0.6) is 0 Å². The molecule has 4 nitrogen and oxygen atoms in total. The number of allylic oxidation sites excluding steroid dienone is 4. The number of rotatable bonds is 13. The van der Waals surface area contributed by atoms with E-state index in [4.69, 9.17) is 5.10 Å². The molecule has 1 amide bonds. The largest absolute Gasteiger partial charge is 0.345 e. The van der Waals surface area contributed by atoms with Gasteiger partial charge in [0, 0.05) is 0 Å². The predicted octanol–water partition coefficient (Wildman–Crippen LogP) is 8.50. The second-order valence-electron chi connectivity index (χ2n) is 9.19. The zero-order chi connectivity index (χ0) is 27.8. The average Bonchev–Trinajstić information content (AvgIpc) is 3.34. The van der Waals surface area contributed by atoms with Gasteiger partial charge in [0.1, 0.15) is 5.69 Å². The van der Waals surface area contributed by atoms with Gasteiger partial charge in [0.2, 0.25) is 0 Å². The number of carbonyl (C=O) groups excluding carboxylic acids is 1. The van der Waals surface area contributed by atoms with Crippen LogP contribution in [-0.4, -0.2) is 15.7 Å². The highest BCUT2D eigenvalue weighted by Gasteiger charge is 2.27. The van der Waals surface area contributed by atoms with Crippen molar-refractivity contribution in [3.8, 4) is 18.5 Å². The van der Waals surface area contributed by atoms with Crippen LogP contribution in [0, 0.1) is 12.8 Å². The number of hydrogen-bond donors (Lipinski definition) is 1. The smallest absolute Gasteiger partial charge is 0.255 e. The fourth-order valence-corrected chi connectivity index (χ4v) is 4.60. The number of nitrogens with one attached hydrogen (secondary N) is 1. The number of aromatic nitrogens is 2. The number of carbonyl (C=O) groups is 1. The number of hydrogen-bond acceptors (Lipinski definition) is 2. The molecule has 0 aliphatic heterocycles. The highest BCUT2D eigenvalue weighted by molar-refractivity contribution is 6.00. The maximum atomic E-state index is 14.1. The number of terminal acetylenes is 1. The second kappa shape index (κ2) is 16.8. The summed E-state index contributed by atoms with van der Waals surface area (Å²) in [6, 6.07) is 20.5. The number of benzene rings is 2. The third kappa shape index (κ3) is 8.08. The molecule has 3 aromatic rings. The van der Waals surface area contributed by atoms with Gasteiger partial charge in [-0.2, -0.15) is 5.10 Å². The molecule has 1 heterocycles. The monoisotopic (exact) mass is 509 g/mol. The van der Waals surface area contributed by atoms with Crippen LogP contribution >= 0.6 is 0 Å². The van der Waals surface area contributed by atoms with Crippen LogP contribution in [0.4, 0.5) is 0 Å². The van der Waals surface area contributed by atoms with Gasteiger partial charge in [-0.1, -0.05) is 106 Å². The Balaban J connectivity index is 0.00000247. The Kier molecular flexibility index (Phi) is 13.4. The molecule has 1 aromatic heterocycles. The van der Waals surface area contributed by atoms with Gasteiger partial charge in [0.05, 0.1) is 23.0 Å². The molecule has 1 N–H and O–H groups in total. The lowest BCUT2D eigenvalue weighted by molar-refractivity contribution is 0.0932. The molecule has 4 heteroatoms. The third-order valence-electron chi connectivity index (χ3n) is 6.53. The second-order valence-corrected chi connectivity index (χ2v) is 9.19. The first-order chi connectivity index (χ1) is 18.6. The summed E-state index contributed by atoms with van der Waals surface area (Å²) in [4.78, 5) is 14.1. The summed E-state index contributed by atoms with van der Waals surface area (Å²) in [7, 11) is 0. The van der Waals surface area contributed by atoms with Crippen molar-refractivity contribution in [2.75, 3.05) is 0 Å². The van der Waals surface area contributed by atoms with E-state index in [1.54, 1.807) is 0 Å². The summed E-state index contributed by atoms with van der Waals surface area (Å²) in [6.07, 6.45) is 21.0. The minimum atomic E-state index is -0.0409. The van der Waals surface area contributed by atoms with Crippen LogP contribution in [0.3, 0.4) is 0 Å². The topological polar surface area (TPSA) is 46.9 Å². The van der Waals surface area contributed by atoms with Crippen molar-refractivity contribution in [1.29, 1.82) is 0 Å². The first-order valence-electron chi connectivity index (χ1n) is 13.8. The van der Waals surface area contributed by atoms with Crippen LogP contribution in [-0.2, 0) is 6.42 Å². The van der Waals surface area contributed by atoms with E-state index >= 15 is 0 Å². The Morgan fingerprint density at radius 2 is 1.63 bits per heavy atom. The van der Waals surface area contributed by atoms with Crippen molar-refractivity contribution in [2.45, 2.75) is 78.7 Å². The van der Waals surface area contributed by atoms with Gasteiger partial charge in [-0.15, -0.1) is 12.8 Å². The average molecular weight is 510 g/mol. The summed E-state index contributed by atoms with van der Waals surface area (Å²) >= 11 is 0. The molecular formula is C34H43N3O. The summed E-state index contributed by atoms with van der Waals surface area (Å²) in [5.74, 6) is -0.0409. The lowest BCUT2D eigenvalue weighted by Gasteiger charge is -2.20. The van der Waals surface area contributed by atoms with E-state index in [-0.39, 0.29) is 11.9 Å². The van der Waals surface area contributed by atoms with Crippen molar-refractivity contribution in [1.82, 2.24) is 15.1 Å². The van der Waals surface area contributed by atoms with Gasteiger partial charge in [-0.05, 0) is 56.4 Å². The number of unbranched alkanes of at least 4 members (excludes halogenated alkanes) is 2. The van der Waals surface area contributed by atoms with Crippen molar-refractivity contribution >= 4 is 11.5 Å². The number of nitrogens with zero attached hydrogens (tertiary/aromatic N) is 2.